The summed E-state index contributed by atoms with van der Waals surface area (Å²) in [6.45, 7) is 2.00. The molecule has 0 aliphatic carbocycles. The van der Waals surface area contributed by atoms with Crippen LogP contribution in [0.3, 0.4) is 0 Å². The van der Waals surface area contributed by atoms with Crippen molar-refractivity contribution in [3.05, 3.63) is 65.0 Å². The van der Waals surface area contributed by atoms with Gasteiger partial charge in [-0.3, -0.25) is 0 Å². The summed E-state index contributed by atoms with van der Waals surface area (Å²) >= 11 is 1.53. The predicted molar refractivity (Wildman–Crippen MR) is 80.0 cm³/mol. The van der Waals surface area contributed by atoms with Crippen LogP contribution in [0.25, 0.3) is 0 Å². The number of aryl methyl sites for hydroxylation is 1. The second-order valence-electron chi connectivity index (χ2n) is 4.73. The Morgan fingerprint density at radius 2 is 1.67 bits per heavy atom. The molecule has 0 heterocycles. The minimum absolute atomic E-state index is 0.135. The van der Waals surface area contributed by atoms with Crippen LogP contribution in [0, 0.1) is 24.4 Å². The van der Waals surface area contributed by atoms with Crippen LogP contribution < -0.4 is 5.32 Å². The third-order valence-corrected chi connectivity index (χ3v) is 4.33. The van der Waals surface area contributed by atoms with Gasteiger partial charge in [0.1, 0.15) is 0 Å². The first-order valence-corrected chi connectivity index (χ1v) is 7.51. The highest BCUT2D eigenvalue weighted by atomic mass is 32.2. The number of thioether (sulfide) groups is 1. The van der Waals surface area contributed by atoms with E-state index in [0.717, 1.165) is 16.5 Å². The Morgan fingerprint density at radius 1 is 1.00 bits per heavy atom. The highest BCUT2D eigenvalue weighted by Crippen LogP contribution is 2.27. The van der Waals surface area contributed by atoms with E-state index in [4.69, 9.17) is 0 Å². The van der Waals surface area contributed by atoms with E-state index in [0.29, 0.717) is 5.75 Å². The largest absolute Gasteiger partial charge is 0.312 e. The monoisotopic (exact) mass is 311 g/mol. The summed E-state index contributed by atoms with van der Waals surface area (Å²) in [4.78, 5) is 1.05. The van der Waals surface area contributed by atoms with Crippen LogP contribution in [0.4, 0.5) is 13.2 Å². The summed E-state index contributed by atoms with van der Waals surface area (Å²) in [7, 11) is 1.67. The molecular weight excluding hydrogens is 295 g/mol. The number of hydrogen-bond donors (Lipinski definition) is 1. The predicted octanol–water partition coefficient (Wildman–Crippen LogP) is 4.47. The zero-order chi connectivity index (χ0) is 15.4. The van der Waals surface area contributed by atoms with Gasteiger partial charge in [-0.1, -0.05) is 23.8 Å². The Hall–Kier alpha value is -1.46. The molecule has 5 heteroatoms. The van der Waals surface area contributed by atoms with Gasteiger partial charge >= 0.3 is 0 Å². The van der Waals surface area contributed by atoms with Gasteiger partial charge in [-0.15, -0.1) is 11.8 Å². The molecule has 0 fully saturated rings. The minimum atomic E-state index is -1.42. The number of benzene rings is 2. The second-order valence-corrected chi connectivity index (χ2v) is 5.82. The van der Waals surface area contributed by atoms with Crippen molar-refractivity contribution in [2.45, 2.75) is 17.9 Å². The molecule has 0 aliphatic rings. The fourth-order valence-electron chi connectivity index (χ4n) is 1.95. The summed E-state index contributed by atoms with van der Waals surface area (Å²) in [6.07, 6.45) is 0. The lowest BCUT2D eigenvalue weighted by atomic mass is 10.1. The maximum atomic E-state index is 13.8. The number of rotatable bonds is 5. The number of hydrogen-bond acceptors (Lipinski definition) is 2. The van der Waals surface area contributed by atoms with E-state index < -0.39 is 23.5 Å². The van der Waals surface area contributed by atoms with Crippen molar-refractivity contribution in [3.63, 3.8) is 0 Å². The normalized spacial score (nSPS) is 12.4. The SMILES string of the molecule is CNC(CSc1ccc(C)cc1)c1ccc(F)c(F)c1F. The molecule has 21 heavy (non-hydrogen) atoms. The average molecular weight is 311 g/mol. The lowest BCUT2D eigenvalue weighted by Gasteiger charge is -2.17. The van der Waals surface area contributed by atoms with Crippen LogP contribution in [0.2, 0.25) is 0 Å². The maximum Gasteiger partial charge on any atom is 0.194 e. The third kappa shape index (κ3) is 3.80. The zero-order valence-corrected chi connectivity index (χ0v) is 12.6. The van der Waals surface area contributed by atoms with E-state index in [2.05, 4.69) is 5.32 Å². The molecule has 0 saturated heterocycles. The molecule has 1 N–H and O–H groups in total. The molecule has 1 atom stereocenters. The minimum Gasteiger partial charge on any atom is -0.312 e. The van der Waals surface area contributed by atoms with Gasteiger partial charge in [0, 0.05) is 22.3 Å². The number of halogens is 3. The van der Waals surface area contributed by atoms with Crippen molar-refractivity contribution >= 4 is 11.8 Å². The average Bonchev–Trinajstić information content (AvgIpc) is 2.49. The van der Waals surface area contributed by atoms with Gasteiger partial charge in [0.2, 0.25) is 0 Å². The summed E-state index contributed by atoms with van der Waals surface area (Å²) in [5, 5.41) is 2.94. The van der Waals surface area contributed by atoms with Crippen LogP contribution in [0.5, 0.6) is 0 Å². The second kappa shape index (κ2) is 7.00. The third-order valence-electron chi connectivity index (χ3n) is 3.23. The first-order chi connectivity index (χ1) is 10.0. The lowest BCUT2D eigenvalue weighted by Crippen LogP contribution is -2.20. The van der Waals surface area contributed by atoms with E-state index in [1.54, 1.807) is 7.05 Å². The molecule has 0 amide bonds. The summed E-state index contributed by atoms with van der Waals surface area (Å²) < 4.78 is 40.1. The van der Waals surface area contributed by atoms with Crippen molar-refractivity contribution in [2.75, 3.05) is 12.8 Å². The van der Waals surface area contributed by atoms with E-state index in [-0.39, 0.29) is 5.56 Å². The Kier molecular flexibility index (Phi) is 5.31. The van der Waals surface area contributed by atoms with Crippen LogP contribution in [-0.4, -0.2) is 12.8 Å². The lowest BCUT2D eigenvalue weighted by molar-refractivity contribution is 0.433. The highest BCUT2D eigenvalue weighted by Gasteiger charge is 2.19. The molecule has 112 valence electrons. The standard InChI is InChI=1S/C16H16F3NS/c1-10-3-5-11(6-4-10)21-9-14(20-2)12-7-8-13(17)16(19)15(12)18/h3-8,14,20H,9H2,1-2H3. The molecule has 0 aliphatic heterocycles. The summed E-state index contributed by atoms with van der Waals surface area (Å²) in [5.74, 6) is -3.20. The van der Waals surface area contributed by atoms with Crippen molar-refractivity contribution < 1.29 is 13.2 Å². The van der Waals surface area contributed by atoms with Crippen molar-refractivity contribution in [3.8, 4) is 0 Å². The Labute approximate surface area is 126 Å². The maximum absolute atomic E-state index is 13.8. The quantitative estimate of drug-likeness (QED) is 0.646. The Balaban J connectivity index is 2.13. The molecule has 0 radical (unpaired) electrons. The van der Waals surface area contributed by atoms with Crippen LogP contribution in [-0.2, 0) is 0 Å². The van der Waals surface area contributed by atoms with Crippen molar-refractivity contribution in [1.29, 1.82) is 0 Å². The number of nitrogens with one attached hydrogen (secondary N) is 1. The van der Waals surface area contributed by atoms with Gasteiger partial charge in [0.25, 0.3) is 0 Å². The molecule has 0 spiro atoms. The Bertz CT molecular complexity index is 614. The van der Waals surface area contributed by atoms with Crippen molar-refractivity contribution in [2.24, 2.45) is 0 Å². The highest BCUT2D eigenvalue weighted by molar-refractivity contribution is 7.99. The van der Waals surface area contributed by atoms with Crippen LogP contribution in [0.1, 0.15) is 17.2 Å². The molecule has 2 aromatic carbocycles. The molecule has 0 saturated carbocycles. The van der Waals surface area contributed by atoms with E-state index >= 15 is 0 Å². The molecule has 2 rings (SSSR count). The smallest absolute Gasteiger partial charge is 0.194 e. The van der Waals surface area contributed by atoms with Gasteiger partial charge in [-0.05, 0) is 32.2 Å². The topological polar surface area (TPSA) is 12.0 Å². The molecule has 0 aromatic heterocycles. The molecule has 1 nitrogen and oxygen atoms in total. The summed E-state index contributed by atoms with van der Waals surface area (Å²) in [6, 6.07) is 9.79. The van der Waals surface area contributed by atoms with Gasteiger partial charge in [-0.2, -0.15) is 0 Å². The van der Waals surface area contributed by atoms with Gasteiger partial charge < -0.3 is 5.32 Å². The first-order valence-electron chi connectivity index (χ1n) is 6.53. The van der Waals surface area contributed by atoms with Crippen molar-refractivity contribution in [1.82, 2.24) is 5.32 Å². The van der Waals surface area contributed by atoms with Gasteiger partial charge in [0.15, 0.2) is 17.5 Å². The van der Waals surface area contributed by atoms with Crippen LogP contribution in [0.15, 0.2) is 41.3 Å². The van der Waals surface area contributed by atoms with E-state index in [9.17, 15) is 13.2 Å². The molecule has 2 aromatic rings. The molecule has 0 bridgehead atoms. The molecular formula is C16H16F3NS. The Morgan fingerprint density at radius 3 is 2.29 bits per heavy atom. The fraction of sp³-hybridized carbons (Fsp3) is 0.250. The van der Waals surface area contributed by atoms with E-state index in [1.165, 1.54) is 17.8 Å². The molecule has 1 unspecified atom stereocenters. The fourth-order valence-corrected chi connectivity index (χ4v) is 2.99. The van der Waals surface area contributed by atoms with Gasteiger partial charge in [-0.25, -0.2) is 13.2 Å². The zero-order valence-electron chi connectivity index (χ0n) is 11.8. The van der Waals surface area contributed by atoms with Crippen LogP contribution >= 0.6 is 11.8 Å². The summed E-state index contributed by atoms with van der Waals surface area (Å²) in [5.41, 5.74) is 1.30. The van der Waals surface area contributed by atoms with Gasteiger partial charge in [0.05, 0.1) is 0 Å². The van der Waals surface area contributed by atoms with E-state index in [1.807, 2.05) is 31.2 Å². The first kappa shape index (κ1) is 15.9.